The molecule has 0 N–H and O–H groups in total. The zero-order valence-electron chi connectivity index (χ0n) is 15.7. The van der Waals surface area contributed by atoms with Gasteiger partial charge in [-0.25, -0.2) is 4.39 Å². The van der Waals surface area contributed by atoms with Crippen molar-refractivity contribution < 1.29 is 13.5 Å². The Hall–Kier alpha value is -3.11. The molecule has 0 fully saturated rings. The lowest BCUT2D eigenvalue weighted by atomic mass is 10.1. The van der Waals surface area contributed by atoms with Crippen molar-refractivity contribution in [1.82, 2.24) is 0 Å². The number of fused-ring (bicyclic) bond motifs is 1. The predicted molar refractivity (Wildman–Crippen MR) is 113 cm³/mol. The van der Waals surface area contributed by atoms with Crippen LogP contribution >= 0.6 is 11.6 Å². The third-order valence-corrected chi connectivity index (χ3v) is 5.13. The molecule has 0 bridgehead atoms. The molecule has 0 aliphatic heterocycles. The molecule has 0 saturated heterocycles. The molecule has 1 aromatic heterocycles. The molecule has 3 aromatic carbocycles. The molecule has 0 unspecified atom stereocenters. The third kappa shape index (κ3) is 3.76. The minimum Gasteiger partial charge on any atom is -0.481 e. The van der Waals surface area contributed by atoms with Crippen LogP contribution in [0.25, 0.3) is 22.3 Å². The number of rotatable bonds is 5. The summed E-state index contributed by atoms with van der Waals surface area (Å²) in [5.74, 6) is -0.145. The highest BCUT2D eigenvalue weighted by Crippen LogP contribution is 2.32. The summed E-state index contributed by atoms with van der Waals surface area (Å²) in [6, 6.07) is 19.1. The lowest BCUT2D eigenvalue weighted by molar-refractivity contribution is 0.292. The summed E-state index contributed by atoms with van der Waals surface area (Å²) >= 11 is 6.11. The number of ether oxygens (including phenoxy) is 1. The van der Waals surface area contributed by atoms with Crippen LogP contribution in [0.4, 0.5) is 4.39 Å². The summed E-state index contributed by atoms with van der Waals surface area (Å²) in [6.07, 6.45) is 0.789. The predicted octanol–water partition coefficient (Wildman–Crippen LogP) is 6.39. The summed E-state index contributed by atoms with van der Waals surface area (Å²) in [6.45, 7) is 1.83. The molecule has 0 saturated carbocycles. The second-order valence-electron chi connectivity index (χ2n) is 6.63. The standard InChI is InChI=1S/C24H18ClFO3/c1-2-15-11-12-21-17(13-15)22(27)24(23(29-21)16-7-4-3-5-8-16)28-14-18-19(25)9-6-10-20(18)26/h3-13H,2,14H2,1H3. The highest BCUT2D eigenvalue weighted by molar-refractivity contribution is 6.31. The fraction of sp³-hybridized carbons (Fsp3) is 0.125. The number of halogens is 2. The number of hydrogen-bond acceptors (Lipinski definition) is 3. The second-order valence-corrected chi connectivity index (χ2v) is 7.04. The molecule has 146 valence electrons. The third-order valence-electron chi connectivity index (χ3n) is 4.78. The van der Waals surface area contributed by atoms with Gasteiger partial charge in [0.25, 0.3) is 0 Å². The Morgan fingerprint density at radius 2 is 1.83 bits per heavy atom. The minimum absolute atomic E-state index is 0.0382. The monoisotopic (exact) mass is 408 g/mol. The Morgan fingerprint density at radius 1 is 1.03 bits per heavy atom. The molecule has 0 radical (unpaired) electrons. The van der Waals surface area contributed by atoms with E-state index in [0.717, 1.165) is 12.0 Å². The number of benzene rings is 3. The van der Waals surface area contributed by atoms with Gasteiger partial charge in [0, 0.05) is 11.1 Å². The van der Waals surface area contributed by atoms with Crippen molar-refractivity contribution >= 4 is 22.6 Å². The first kappa shape index (κ1) is 19.2. The maximum atomic E-state index is 14.2. The van der Waals surface area contributed by atoms with Gasteiger partial charge < -0.3 is 9.15 Å². The van der Waals surface area contributed by atoms with Crippen LogP contribution in [0.15, 0.2) is 75.9 Å². The first-order valence-corrected chi connectivity index (χ1v) is 9.67. The van der Waals surface area contributed by atoms with Crippen LogP contribution in [-0.2, 0) is 13.0 Å². The molecular formula is C24H18ClFO3. The van der Waals surface area contributed by atoms with Gasteiger partial charge in [0.15, 0.2) is 5.76 Å². The van der Waals surface area contributed by atoms with Crippen molar-refractivity contribution in [2.45, 2.75) is 20.0 Å². The highest BCUT2D eigenvalue weighted by Gasteiger charge is 2.19. The van der Waals surface area contributed by atoms with Gasteiger partial charge in [-0.1, -0.05) is 61.0 Å². The van der Waals surface area contributed by atoms with Crippen LogP contribution in [0.5, 0.6) is 5.75 Å². The second kappa shape index (κ2) is 8.10. The number of hydrogen-bond donors (Lipinski definition) is 0. The lowest BCUT2D eigenvalue weighted by Gasteiger charge is -2.13. The maximum Gasteiger partial charge on any atom is 0.235 e. The number of aryl methyl sites for hydroxylation is 1. The van der Waals surface area contributed by atoms with Gasteiger partial charge in [-0.2, -0.15) is 0 Å². The van der Waals surface area contributed by atoms with E-state index < -0.39 is 5.82 Å². The fourth-order valence-corrected chi connectivity index (χ4v) is 3.39. The van der Waals surface area contributed by atoms with Crippen LogP contribution in [0.1, 0.15) is 18.1 Å². The van der Waals surface area contributed by atoms with E-state index in [2.05, 4.69) is 0 Å². The van der Waals surface area contributed by atoms with Gasteiger partial charge in [0.2, 0.25) is 11.2 Å². The van der Waals surface area contributed by atoms with Crippen LogP contribution in [0.2, 0.25) is 5.02 Å². The molecule has 0 aliphatic carbocycles. The fourth-order valence-electron chi connectivity index (χ4n) is 3.17. The maximum absolute atomic E-state index is 14.2. The summed E-state index contributed by atoms with van der Waals surface area (Å²) in [5.41, 5.74) is 2.08. The van der Waals surface area contributed by atoms with E-state index in [1.165, 1.54) is 12.1 Å². The molecule has 5 heteroatoms. The molecule has 1 heterocycles. The van der Waals surface area contributed by atoms with Crippen molar-refractivity contribution in [3.63, 3.8) is 0 Å². The van der Waals surface area contributed by atoms with Gasteiger partial charge in [-0.05, 0) is 36.2 Å². The molecule has 0 atom stereocenters. The van der Waals surface area contributed by atoms with E-state index in [4.69, 9.17) is 20.8 Å². The SMILES string of the molecule is CCc1ccc2oc(-c3ccccc3)c(OCc3c(F)cccc3Cl)c(=O)c2c1. The highest BCUT2D eigenvalue weighted by atomic mass is 35.5. The van der Waals surface area contributed by atoms with Crippen LogP contribution in [0.3, 0.4) is 0 Å². The Labute approximate surface area is 172 Å². The Balaban J connectivity index is 1.87. The van der Waals surface area contributed by atoms with E-state index in [0.29, 0.717) is 22.3 Å². The molecule has 29 heavy (non-hydrogen) atoms. The average Bonchev–Trinajstić information content (AvgIpc) is 2.75. The summed E-state index contributed by atoms with van der Waals surface area (Å²) in [5, 5.41) is 0.670. The van der Waals surface area contributed by atoms with E-state index in [1.807, 2.05) is 43.3 Å². The summed E-state index contributed by atoms with van der Waals surface area (Å²) in [7, 11) is 0. The normalized spacial score (nSPS) is 11.0. The zero-order valence-corrected chi connectivity index (χ0v) is 16.5. The molecule has 4 aromatic rings. The quantitative estimate of drug-likeness (QED) is 0.384. The van der Waals surface area contributed by atoms with Crippen molar-refractivity contribution in [2.24, 2.45) is 0 Å². The van der Waals surface area contributed by atoms with Gasteiger partial charge in [0.05, 0.1) is 10.4 Å². The minimum atomic E-state index is -0.489. The molecule has 0 spiro atoms. The van der Waals surface area contributed by atoms with Crippen LogP contribution in [0, 0.1) is 5.82 Å². The van der Waals surface area contributed by atoms with Crippen molar-refractivity contribution in [3.05, 3.63) is 98.9 Å². The first-order chi connectivity index (χ1) is 14.1. The zero-order chi connectivity index (χ0) is 20.4. The van der Waals surface area contributed by atoms with Crippen molar-refractivity contribution in [1.29, 1.82) is 0 Å². The van der Waals surface area contributed by atoms with Gasteiger partial charge in [-0.3, -0.25) is 4.79 Å². The molecular weight excluding hydrogens is 391 g/mol. The van der Waals surface area contributed by atoms with Crippen molar-refractivity contribution in [2.75, 3.05) is 0 Å². The van der Waals surface area contributed by atoms with Gasteiger partial charge in [0.1, 0.15) is 18.0 Å². The van der Waals surface area contributed by atoms with E-state index in [-0.39, 0.29) is 28.4 Å². The van der Waals surface area contributed by atoms with E-state index in [1.54, 1.807) is 18.2 Å². The topological polar surface area (TPSA) is 39.4 Å². The Kier molecular flexibility index (Phi) is 5.36. The average molecular weight is 409 g/mol. The summed E-state index contributed by atoms with van der Waals surface area (Å²) in [4.78, 5) is 13.3. The largest absolute Gasteiger partial charge is 0.481 e. The first-order valence-electron chi connectivity index (χ1n) is 9.29. The smallest absolute Gasteiger partial charge is 0.235 e. The Morgan fingerprint density at radius 3 is 2.55 bits per heavy atom. The van der Waals surface area contributed by atoms with E-state index >= 15 is 0 Å². The molecule has 3 nitrogen and oxygen atoms in total. The molecule has 0 aliphatic rings. The summed E-state index contributed by atoms with van der Waals surface area (Å²) < 4.78 is 26.0. The van der Waals surface area contributed by atoms with Gasteiger partial charge in [-0.15, -0.1) is 0 Å². The lowest BCUT2D eigenvalue weighted by Crippen LogP contribution is -2.11. The molecule has 4 rings (SSSR count). The van der Waals surface area contributed by atoms with E-state index in [9.17, 15) is 9.18 Å². The van der Waals surface area contributed by atoms with Crippen LogP contribution in [-0.4, -0.2) is 0 Å². The van der Waals surface area contributed by atoms with Crippen LogP contribution < -0.4 is 10.2 Å². The van der Waals surface area contributed by atoms with Gasteiger partial charge >= 0.3 is 0 Å². The Bertz CT molecular complexity index is 1210. The van der Waals surface area contributed by atoms with Crippen molar-refractivity contribution in [3.8, 4) is 17.1 Å². The molecule has 0 amide bonds.